The summed E-state index contributed by atoms with van der Waals surface area (Å²) < 4.78 is 1.77. The number of anilines is 2. The average molecular weight is 401 g/mol. The Morgan fingerprint density at radius 1 is 1.21 bits per heavy atom. The van der Waals surface area contributed by atoms with Crippen LogP contribution in [0.25, 0.3) is 6.08 Å². The lowest BCUT2D eigenvalue weighted by molar-refractivity contribution is -0.117. The molecule has 0 bridgehead atoms. The van der Waals surface area contributed by atoms with Crippen molar-refractivity contribution in [3.63, 3.8) is 0 Å². The Labute approximate surface area is 170 Å². The molecule has 0 radical (unpaired) electrons. The molecule has 28 heavy (non-hydrogen) atoms. The fraction of sp³-hybridized carbons (Fsp3) is 0.381. The van der Waals surface area contributed by atoms with Crippen molar-refractivity contribution in [2.75, 3.05) is 10.6 Å². The lowest BCUT2D eigenvalue weighted by Crippen LogP contribution is -2.13. The fourth-order valence-electron chi connectivity index (χ4n) is 2.78. The zero-order valence-electron chi connectivity index (χ0n) is 16.2. The number of halogens is 1. The van der Waals surface area contributed by atoms with Crippen LogP contribution in [0, 0.1) is 12.8 Å². The maximum Gasteiger partial charge on any atom is 0.248 e. The summed E-state index contributed by atoms with van der Waals surface area (Å²) in [4.78, 5) is 24.0. The van der Waals surface area contributed by atoms with Crippen LogP contribution in [0.4, 0.5) is 11.4 Å². The fourth-order valence-corrected chi connectivity index (χ4v) is 3.10. The molecule has 2 N–H and O–H groups in total. The minimum absolute atomic E-state index is 0.0615. The van der Waals surface area contributed by atoms with Crippen LogP contribution >= 0.6 is 11.6 Å². The molecule has 2 amide bonds. The van der Waals surface area contributed by atoms with Gasteiger partial charge < -0.3 is 10.6 Å². The van der Waals surface area contributed by atoms with E-state index in [1.165, 1.54) is 6.08 Å². The summed E-state index contributed by atoms with van der Waals surface area (Å²) in [5.74, 6) is -0.0379. The number of hydrogen-bond donors (Lipinski definition) is 2. The highest BCUT2D eigenvalue weighted by atomic mass is 35.5. The minimum atomic E-state index is -0.258. The van der Waals surface area contributed by atoms with Crippen LogP contribution in [0.2, 0.25) is 5.15 Å². The van der Waals surface area contributed by atoms with Crippen molar-refractivity contribution in [3.8, 4) is 0 Å². The number of nitrogens with zero attached hydrogens (tertiary/aromatic N) is 2. The lowest BCUT2D eigenvalue weighted by atomic mass is 10.2. The number of unbranched alkanes of at least 4 members (excludes halogenated alkanes) is 1. The van der Waals surface area contributed by atoms with Crippen LogP contribution in [-0.4, -0.2) is 21.6 Å². The summed E-state index contributed by atoms with van der Waals surface area (Å²) in [5, 5.41) is 10.6. The Bertz CT molecular complexity index is 883. The summed E-state index contributed by atoms with van der Waals surface area (Å²) in [5.41, 5.74) is 2.93. The monoisotopic (exact) mass is 400 g/mol. The first-order valence-electron chi connectivity index (χ1n) is 9.61. The van der Waals surface area contributed by atoms with Gasteiger partial charge in [0.15, 0.2) is 0 Å². The van der Waals surface area contributed by atoms with Crippen molar-refractivity contribution in [3.05, 3.63) is 46.8 Å². The molecule has 1 aromatic heterocycles. The molecule has 7 heteroatoms. The predicted octanol–water partition coefficient (Wildman–Crippen LogP) is 4.65. The molecule has 1 aliphatic rings. The summed E-state index contributed by atoms with van der Waals surface area (Å²) in [6.45, 7) is 4.75. The molecule has 0 saturated heterocycles. The van der Waals surface area contributed by atoms with Crippen molar-refractivity contribution in [1.82, 2.24) is 9.78 Å². The highest BCUT2D eigenvalue weighted by Gasteiger charge is 2.29. The standard InChI is InChI=1S/C21H25ClN4O2/c1-3-4-13-26-20(22)18(14(2)25-26)11-12-19(27)23-16-7-9-17(10-8-16)24-21(28)15-5-6-15/h7-12,15H,3-6,13H2,1-2H3,(H,23,27)(H,24,28)/b12-11+. The quantitative estimate of drug-likeness (QED) is 0.633. The third-order valence-corrected chi connectivity index (χ3v) is 5.00. The molecule has 1 aliphatic carbocycles. The zero-order valence-corrected chi connectivity index (χ0v) is 16.9. The highest BCUT2D eigenvalue weighted by Crippen LogP contribution is 2.30. The number of hydrogen-bond acceptors (Lipinski definition) is 3. The summed E-state index contributed by atoms with van der Waals surface area (Å²) in [7, 11) is 0. The van der Waals surface area contributed by atoms with E-state index < -0.39 is 0 Å². The molecule has 0 unspecified atom stereocenters. The van der Waals surface area contributed by atoms with Crippen LogP contribution in [-0.2, 0) is 16.1 Å². The third-order valence-electron chi connectivity index (χ3n) is 4.60. The predicted molar refractivity (Wildman–Crippen MR) is 112 cm³/mol. The van der Waals surface area contributed by atoms with Gasteiger partial charge in [-0.1, -0.05) is 24.9 Å². The number of aromatic nitrogens is 2. The summed E-state index contributed by atoms with van der Waals surface area (Å²) in [6, 6.07) is 7.07. The van der Waals surface area contributed by atoms with Crippen molar-refractivity contribution in [1.29, 1.82) is 0 Å². The van der Waals surface area contributed by atoms with E-state index in [4.69, 9.17) is 11.6 Å². The second-order valence-corrected chi connectivity index (χ2v) is 7.39. The van der Waals surface area contributed by atoms with Gasteiger partial charge in [-0.05, 0) is 56.5 Å². The van der Waals surface area contributed by atoms with E-state index in [2.05, 4.69) is 22.7 Å². The lowest BCUT2D eigenvalue weighted by Gasteiger charge is -2.06. The molecule has 0 spiro atoms. The Balaban J connectivity index is 1.57. The Morgan fingerprint density at radius 3 is 2.46 bits per heavy atom. The number of nitrogens with one attached hydrogen (secondary N) is 2. The smallest absolute Gasteiger partial charge is 0.248 e. The van der Waals surface area contributed by atoms with E-state index in [0.29, 0.717) is 10.8 Å². The van der Waals surface area contributed by atoms with Crippen LogP contribution in [0.15, 0.2) is 30.3 Å². The number of aryl methyl sites for hydroxylation is 2. The molecule has 1 heterocycles. The van der Waals surface area contributed by atoms with Crippen LogP contribution in [0.1, 0.15) is 43.9 Å². The van der Waals surface area contributed by atoms with Crippen LogP contribution in [0.5, 0.6) is 0 Å². The molecular weight excluding hydrogens is 376 g/mol. The maximum atomic E-state index is 12.2. The van der Waals surface area contributed by atoms with Crippen molar-refractivity contribution >= 4 is 40.9 Å². The number of rotatable bonds is 8. The number of carbonyl (C=O) groups excluding carboxylic acids is 2. The first kappa shape index (κ1) is 20.1. The van der Waals surface area contributed by atoms with E-state index in [-0.39, 0.29) is 17.7 Å². The van der Waals surface area contributed by atoms with Crippen molar-refractivity contribution in [2.24, 2.45) is 5.92 Å². The van der Waals surface area contributed by atoms with Gasteiger partial charge in [0.1, 0.15) is 5.15 Å². The second-order valence-electron chi connectivity index (χ2n) is 7.03. The first-order valence-corrected chi connectivity index (χ1v) is 9.98. The third kappa shape index (κ3) is 5.23. The Kier molecular flexibility index (Phi) is 6.52. The molecular formula is C21H25ClN4O2. The zero-order chi connectivity index (χ0) is 20.1. The number of benzene rings is 1. The highest BCUT2D eigenvalue weighted by molar-refractivity contribution is 6.31. The molecule has 2 aromatic rings. The largest absolute Gasteiger partial charge is 0.326 e. The van der Waals surface area contributed by atoms with Gasteiger partial charge in [0.05, 0.1) is 5.69 Å². The first-order chi connectivity index (χ1) is 13.5. The van der Waals surface area contributed by atoms with Gasteiger partial charge >= 0.3 is 0 Å². The van der Waals surface area contributed by atoms with Gasteiger partial charge in [-0.2, -0.15) is 5.10 Å². The van der Waals surface area contributed by atoms with E-state index >= 15 is 0 Å². The Hall–Kier alpha value is -2.60. The normalized spacial score (nSPS) is 13.7. The number of carbonyl (C=O) groups is 2. The average Bonchev–Trinajstić information content (AvgIpc) is 3.48. The van der Waals surface area contributed by atoms with Crippen LogP contribution < -0.4 is 10.6 Å². The molecule has 148 valence electrons. The molecule has 3 rings (SSSR count). The van der Waals surface area contributed by atoms with Crippen molar-refractivity contribution < 1.29 is 9.59 Å². The summed E-state index contributed by atoms with van der Waals surface area (Å²) in [6.07, 6.45) is 7.13. The van der Waals surface area contributed by atoms with Gasteiger partial charge in [-0.25, -0.2) is 0 Å². The molecule has 1 aromatic carbocycles. The van der Waals surface area contributed by atoms with Crippen molar-refractivity contribution in [2.45, 2.75) is 46.1 Å². The van der Waals surface area contributed by atoms with Gasteiger partial charge in [-0.15, -0.1) is 0 Å². The van der Waals surface area contributed by atoms with Gasteiger partial charge in [0, 0.05) is 35.5 Å². The molecule has 1 fully saturated rings. The minimum Gasteiger partial charge on any atom is -0.326 e. The van der Waals surface area contributed by atoms with E-state index in [1.54, 1.807) is 35.0 Å². The molecule has 6 nitrogen and oxygen atoms in total. The Morgan fingerprint density at radius 2 is 1.86 bits per heavy atom. The van der Waals surface area contributed by atoms with Gasteiger partial charge in [0.2, 0.25) is 11.8 Å². The van der Waals surface area contributed by atoms with Gasteiger partial charge in [-0.3, -0.25) is 14.3 Å². The molecule has 0 atom stereocenters. The topological polar surface area (TPSA) is 76.0 Å². The SMILES string of the molecule is CCCCn1nc(C)c(/C=C/C(=O)Nc2ccc(NC(=O)C3CC3)cc2)c1Cl. The second kappa shape index (κ2) is 9.06. The molecule has 0 aliphatic heterocycles. The number of amides is 2. The van der Waals surface area contributed by atoms with E-state index in [0.717, 1.165) is 49.2 Å². The van der Waals surface area contributed by atoms with E-state index in [9.17, 15) is 9.59 Å². The summed E-state index contributed by atoms with van der Waals surface area (Å²) >= 11 is 6.38. The van der Waals surface area contributed by atoms with Crippen LogP contribution in [0.3, 0.4) is 0 Å². The molecule has 1 saturated carbocycles. The van der Waals surface area contributed by atoms with E-state index in [1.807, 2.05) is 6.92 Å². The van der Waals surface area contributed by atoms with Gasteiger partial charge in [0.25, 0.3) is 0 Å². The maximum absolute atomic E-state index is 12.2.